The normalized spacial score (nSPS) is 22.2. The first-order valence-electron chi connectivity index (χ1n) is 11.9. The number of anilines is 1. The van der Waals surface area contributed by atoms with Crippen molar-refractivity contribution in [3.8, 4) is 11.1 Å². The van der Waals surface area contributed by atoms with Crippen LogP contribution in [0.2, 0.25) is 0 Å². The summed E-state index contributed by atoms with van der Waals surface area (Å²) in [4.78, 5) is 28.8. The average Bonchev–Trinajstić information content (AvgIpc) is 2.84. The molecule has 1 aliphatic carbocycles. The Balaban J connectivity index is 1.37. The van der Waals surface area contributed by atoms with E-state index in [1.54, 1.807) is 19.5 Å². The van der Waals surface area contributed by atoms with Crippen molar-refractivity contribution in [2.45, 2.75) is 70.4 Å². The first-order chi connectivity index (χ1) is 15.5. The van der Waals surface area contributed by atoms with Crippen LogP contribution in [-0.4, -0.2) is 53.2 Å². The molecule has 1 saturated carbocycles. The largest absolute Gasteiger partial charge is 0.381 e. The molecule has 2 aromatic heterocycles. The first kappa shape index (κ1) is 22.6. The lowest BCUT2D eigenvalue weighted by molar-refractivity contribution is -0.128. The summed E-state index contributed by atoms with van der Waals surface area (Å²) >= 11 is 0. The zero-order chi connectivity index (χ0) is 22.5. The van der Waals surface area contributed by atoms with Crippen LogP contribution in [0, 0.1) is 5.92 Å². The molecule has 3 heterocycles. The van der Waals surface area contributed by atoms with Crippen LogP contribution in [-0.2, 0) is 9.53 Å². The second kappa shape index (κ2) is 10.4. The van der Waals surface area contributed by atoms with Crippen LogP contribution < -0.4 is 10.2 Å². The maximum atomic E-state index is 12.8. The van der Waals surface area contributed by atoms with Crippen LogP contribution in [0.1, 0.15) is 64.0 Å². The van der Waals surface area contributed by atoms with Gasteiger partial charge in [0, 0.05) is 56.3 Å². The lowest BCUT2D eigenvalue weighted by Crippen LogP contribution is -2.47. The minimum atomic E-state index is 0.0874. The number of hydrogen-bond donors (Lipinski definition) is 1. The van der Waals surface area contributed by atoms with Crippen LogP contribution in [0.15, 0.2) is 30.7 Å². The number of nitrogens with zero attached hydrogens (tertiary/aromatic N) is 4. The molecule has 2 fully saturated rings. The lowest BCUT2D eigenvalue weighted by atomic mass is 9.86. The quantitative estimate of drug-likeness (QED) is 0.737. The monoisotopic (exact) mass is 437 g/mol. The highest BCUT2D eigenvalue weighted by atomic mass is 16.5. The van der Waals surface area contributed by atoms with E-state index in [9.17, 15) is 4.79 Å². The average molecular weight is 438 g/mol. The smallest absolute Gasteiger partial charge is 0.225 e. The maximum absolute atomic E-state index is 12.8. The summed E-state index contributed by atoms with van der Waals surface area (Å²) in [5.41, 5.74) is 3.21. The van der Waals surface area contributed by atoms with Crippen molar-refractivity contribution >= 4 is 11.9 Å². The third-order valence-corrected chi connectivity index (χ3v) is 6.80. The molecule has 2 aliphatic rings. The van der Waals surface area contributed by atoms with Gasteiger partial charge in [-0.15, -0.1) is 0 Å². The van der Waals surface area contributed by atoms with E-state index in [0.29, 0.717) is 5.92 Å². The van der Waals surface area contributed by atoms with Gasteiger partial charge in [-0.2, -0.15) is 0 Å². The van der Waals surface area contributed by atoms with E-state index in [0.717, 1.165) is 74.4 Å². The molecule has 1 aliphatic heterocycles. The molecule has 172 valence electrons. The van der Waals surface area contributed by atoms with Crippen molar-refractivity contribution < 1.29 is 9.53 Å². The molecular formula is C25H35N5O2. The Labute approximate surface area is 191 Å². The summed E-state index contributed by atoms with van der Waals surface area (Å²) in [6.45, 7) is 6.03. The van der Waals surface area contributed by atoms with Gasteiger partial charge in [-0.3, -0.25) is 9.78 Å². The highest BCUT2D eigenvalue weighted by Crippen LogP contribution is 2.30. The van der Waals surface area contributed by atoms with Crippen molar-refractivity contribution in [2.75, 3.05) is 25.1 Å². The Bertz CT molecular complexity index is 896. The SMILES string of the molecule is CO[C@H]1CCC[C@H](C(=O)NC2CCN(c3ncc(-c4ccncc4)c(C(C)C)n3)CC2)C1. The number of nitrogens with one attached hydrogen (secondary N) is 1. The fourth-order valence-corrected chi connectivity index (χ4v) is 4.87. The molecule has 0 spiro atoms. The van der Waals surface area contributed by atoms with Crippen molar-refractivity contribution in [3.05, 3.63) is 36.4 Å². The summed E-state index contributed by atoms with van der Waals surface area (Å²) < 4.78 is 5.48. The van der Waals surface area contributed by atoms with Gasteiger partial charge in [0.05, 0.1) is 11.8 Å². The Morgan fingerprint density at radius 1 is 1.16 bits per heavy atom. The van der Waals surface area contributed by atoms with Crippen molar-refractivity contribution in [3.63, 3.8) is 0 Å². The van der Waals surface area contributed by atoms with Crippen LogP contribution >= 0.6 is 0 Å². The standard InChI is InChI=1S/C25H35N5O2/c1-17(2)23-22(18-7-11-26-12-8-18)16-27-25(29-23)30-13-9-20(10-14-30)28-24(31)19-5-4-6-21(15-19)32-3/h7-8,11-12,16-17,19-21H,4-6,9-10,13-15H2,1-3H3,(H,28,31)/t19-,21-/m0/s1. The summed E-state index contributed by atoms with van der Waals surface area (Å²) in [5, 5.41) is 3.30. The van der Waals surface area contributed by atoms with Crippen molar-refractivity contribution in [1.29, 1.82) is 0 Å². The Hall–Kier alpha value is -2.54. The van der Waals surface area contributed by atoms with Gasteiger partial charge in [0.2, 0.25) is 11.9 Å². The van der Waals surface area contributed by atoms with Crippen LogP contribution in [0.5, 0.6) is 0 Å². The van der Waals surface area contributed by atoms with Gasteiger partial charge in [0.1, 0.15) is 0 Å². The first-order valence-corrected chi connectivity index (χ1v) is 11.9. The molecule has 0 unspecified atom stereocenters. The van der Waals surface area contributed by atoms with Crippen LogP contribution in [0.3, 0.4) is 0 Å². The van der Waals surface area contributed by atoms with E-state index >= 15 is 0 Å². The third kappa shape index (κ3) is 5.26. The van der Waals surface area contributed by atoms with Crippen molar-refractivity contribution in [1.82, 2.24) is 20.3 Å². The molecule has 0 bridgehead atoms. The summed E-state index contributed by atoms with van der Waals surface area (Å²) in [6.07, 6.45) is 11.6. The summed E-state index contributed by atoms with van der Waals surface area (Å²) in [7, 11) is 1.75. The molecule has 4 rings (SSSR count). The predicted molar refractivity (Wildman–Crippen MR) is 125 cm³/mol. The van der Waals surface area contributed by atoms with Gasteiger partial charge in [0.25, 0.3) is 0 Å². The number of carbonyl (C=O) groups is 1. The molecule has 2 aromatic rings. The number of amides is 1. The number of carbonyl (C=O) groups excluding carboxylic acids is 1. The van der Waals surface area contributed by atoms with Crippen LogP contribution in [0.25, 0.3) is 11.1 Å². The van der Waals surface area contributed by atoms with Crippen molar-refractivity contribution in [2.24, 2.45) is 5.92 Å². The fourth-order valence-electron chi connectivity index (χ4n) is 4.87. The molecule has 7 heteroatoms. The van der Waals surface area contributed by atoms with Gasteiger partial charge < -0.3 is 15.0 Å². The topological polar surface area (TPSA) is 80.2 Å². The summed E-state index contributed by atoms with van der Waals surface area (Å²) in [5.74, 6) is 1.37. The van der Waals surface area contributed by atoms with Gasteiger partial charge in [-0.1, -0.05) is 20.3 Å². The number of methoxy groups -OCH3 is 1. The second-order valence-electron chi connectivity index (χ2n) is 9.35. The molecule has 0 radical (unpaired) electrons. The van der Waals surface area contributed by atoms with Gasteiger partial charge >= 0.3 is 0 Å². The lowest BCUT2D eigenvalue weighted by Gasteiger charge is -2.34. The maximum Gasteiger partial charge on any atom is 0.225 e. The molecule has 32 heavy (non-hydrogen) atoms. The number of ether oxygens (including phenoxy) is 1. The Morgan fingerprint density at radius 3 is 2.59 bits per heavy atom. The van der Waals surface area contributed by atoms with Gasteiger partial charge in [0.15, 0.2) is 0 Å². The molecule has 0 aromatic carbocycles. The predicted octanol–water partition coefficient (Wildman–Crippen LogP) is 3.95. The number of rotatable bonds is 6. The van der Waals surface area contributed by atoms with E-state index in [1.165, 1.54) is 0 Å². The summed E-state index contributed by atoms with van der Waals surface area (Å²) in [6, 6.07) is 4.22. The molecular weight excluding hydrogens is 402 g/mol. The minimum absolute atomic E-state index is 0.0874. The van der Waals surface area contributed by atoms with Crippen LogP contribution in [0.4, 0.5) is 5.95 Å². The number of hydrogen-bond acceptors (Lipinski definition) is 6. The zero-order valence-electron chi connectivity index (χ0n) is 19.5. The Morgan fingerprint density at radius 2 is 1.91 bits per heavy atom. The minimum Gasteiger partial charge on any atom is -0.381 e. The van der Waals surface area contributed by atoms with E-state index in [-0.39, 0.29) is 24.0 Å². The van der Waals surface area contributed by atoms with E-state index in [2.05, 4.69) is 29.0 Å². The molecule has 2 atom stereocenters. The van der Waals surface area contributed by atoms with E-state index < -0.39 is 0 Å². The van der Waals surface area contributed by atoms with Gasteiger partial charge in [-0.25, -0.2) is 9.97 Å². The highest BCUT2D eigenvalue weighted by molar-refractivity contribution is 5.79. The zero-order valence-corrected chi connectivity index (χ0v) is 19.5. The number of pyridine rings is 1. The number of aromatic nitrogens is 3. The Kier molecular flexibility index (Phi) is 7.35. The second-order valence-corrected chi connectivity index (χ2v) is 9.35. The highest BCUT2D eigenvalue weighted by Gasteiger charge is 2.30. The molecule has 1 N–H and O–H groups in total. The molecule has 1 amide bonds. The van der Waals surface area contributed by atoms with Gasteiger partial charge in [-0.05, 0) is 55.7 Å². The molecule has 1 saturated heterocycles. The van der Waals surface area contributed by atoms with E-state index in [4.69, 9.17) is 14.7 Å². The third-order valence-electron chi connectivity index (χ3n) is 6.80. The number of piperidine rings is 1. The van der Waals surface area contributed by atoms with E-state index in [1.807, 2.05) is 18.3 Å². The fraction of sp³-hybridized carbons (Fsp3) is 0.600. The molecule has 7 nitrogen and oxygen atoms in total.